The zero-order valence-electron chi connectivity index (χ0n) is 19.1. The first-order valence-corrected chi connectivity index (χ1v) is 11.8. The number of benzene rings is 1. The molecule has 3 heterocycles. The molecule has 31 heavy (non-hydrogen) atoms. The number of hydrogen-bond donors (Lipinski definition) is 1. The number of amides is 1. The van der Waals surface area contributed by atoms with Crippen molar-refractivity contribution in [2.24, 2.45) is 0 Å². The van der Waals surface area contributed by atoms with Crippen LogP contribution in [0.4, 0.5) is 0 Å². The molecule has 1 amide bonds. The van der Waals surface area contributed by atoms with E-state index in [0.29, 0.717) is 17.8 Å². The number of nitrogens with one attached hydrogen (secondary N) is 1. The number of rotatable bonds is 9. The Labute approximate surface area is 186 Å². The van der Waals surface area contributed by atoms with Gasteiger partial charge in [-0.2, -0.15) is 5.10 Å². The third-order valence-electron chi connectivity index (χ3n) is 7.05. The molecule has 2 atom stereocenters. The van der Waals surface area contributed by atoms with Gasteiger partial charge in [-0.3, -0.25) is 14.4 Å². The van der Waals surface area contributed by atoms with E-state index in [9.17, 15) is 4.79 Å². The summed E-state index contributed by atoms with van der Waals surface area (Å²) < 4.78 is 2.02. The quantitative estimate of drug-likeness (QED) is 0.494. The van der Waals surface area contributed by atoms with Crippen LogP contribution in [0, 0.1) is 0 Å². The van der Waals surface area contributed by atoms with Crippen LogP contribution in [-0.2, 0) is 6.54 Å². The molecule has 1 aromatic carbocycles. The summed E-state index contributed by atoms with van der Waals surface area (Å²) in [5, 5.41) is 9.04. The van der Waals surface area contributed by atoms with Crippen LogP contribution in [0.5, 0.6) is 0 Å². The van der Waals surface area contributed by atoms with Gasteiger partial charge in [0.1, 0.15) is 0 Å². The maximum atomic E-state index is 13.2. The molecule has 0 saturated carbocycles. The highest BCUT2D eigenvalue weighted by Gasteiger charge is 2.38. The molecule has 2 fully saturated rings. The number of aryl methyl sites for hydroxylation is 1. The predicted octanol–water partition coefficient (Wildman–Crippen LogP) is 3.68. The zero-order valence-corrected chi connectivity index (χ0v) is 19.1. The largest absolute Gasteiger partial charge is 0.348 e. The Morgan fingerprint density at radius 1 is 1.13 bits per heavy atom. The van der Waals surface area contributed by atoms with Gasteiger partial charge in [0.2, 0.25) is 0 Å². The second-order valence-electron chi connectivity index (χ2n) is 9.42. The van der Waals surface area contributed by atoms with Crippen LogP contribution in [0.1, 0.15) is 55.4 Å². The number of hydrogen-bond acceptors (Lipinski definition) is 4. The van der Waals surface area contributed by atoms with E-state index >= 15 is 0 Å². The summed E-state index contributed by atoms with van der Waals surface area (Å²) in [4.78, 5) is 18.2. The Morgan fingerprint density at radius 3 is 2.58 bits per heavy atom. The van der Waals surface area contributed by atoms with E-state index < -0.39 is 0 Å². The van der Waals surface area contributed by atoms with Gasteiger partial charge in [0.25, 0.3) is 5.91 Å². The van der Waals surface area contributed by atoms with Crippen LogP contribution in [0.2, 0.25) is 0 Å². The van der Waals surface area contributed by atoms with Crippen LogP contribution in [0.25, 0.3) is 10.9 Å². The van der Waals surface area contributed by atoms with Gasteiger partial charge in [0.05, 0.1) is 5.52 Å². The van der Waals surface area contributed by atoms with Gasteiger partial charge in [-0.15, -0.1) is 6.58 Å². The molecule has 6 heteroatoms. The summed E-state index contributed by atoms with van der Waals surface area (Å²) in [5.41, 5.74) is 1.63. The van der Waals surface area contributed by atoms with Crippen molar-refractivity contribution in [3.8, 4) is 0 Å². The molecule has 2 unspecified atom stereocenters. The minimum atomic E-state index is -0.0260. The van der Waals surface area contributed by atoms with Gasteiger partial charge in [-0.1, -0.05) is 37.1 Å². The number of nitrogens with zero attached hydrogens (tertiary/aromatic N) is 4. The van der Waals surface area contributed by atoms with Crippen molar-refractivity contribution in [2.75, 3.05) is 27.2 Å². The lowest BCUT2D eigenvalue weighted by molar-refractivity contribution is 0.00837. The monoisotopic (exact) mass is 423 g/mol. The van der Waals surface area contributed by atoms with E-state index in [2.05, 4.69) is 41.9 Å². The number of carbonyl (C=O) groups is 1. The fourth-order valence-corrected chi connectivity index (χ4v) is 5.33. The molecule has 0 aliphatic carbocycles. The Kier molecular flexibility index (Phi) is 7.08. The van der Waals surface area contributed by atoms with Gasteiger partial charge in [-0.25, -0.2) is 0 Å². The molecule has 1 N–H and O–H groups in total. The molecule has 4 rings (SSSR count). The van der Waals surface area contributed by atoms with Crippen molar-refractivity contribution in [3.05, 3.63) is 42.6 Å². The van der Waals surface area contributed by atoms with Crippen molar-refractivity contribution in [1.82, 2.24) is 24.9 Å². The number of likely N-dealkylation sites (tertiary alicyclic amines) is 1. The summed E-state index contributed by atoms with van der Waals surface area (Å²) in [6, 6.07) is 9.37. The first kappa shape index (κ1) is 22.0. The summed E-state index contributed by atoms with van der Waals surface area (Å²) in [7, 11) is 4.43. The SMILES string of the molecule is C=CCCCCCCn1nc(C(=O)NC2CC3CN(C)CC(C2)N3C)c2ccccc21. The van der Waals surface area contributed by atoms with Gasteiger partial charge < -0.3 is 10.2 Å². The number of piperazine rings is 1. The standard InChI is InChI=1S/C25H37N5O/c1-4-5-6-7-8-11-14-30-23-13-10-9-12-22(23)24(27-30)25(31)26-19-15-20-17-28(2)18-21(16-19)29(20)3/h4,9-10,12-13,19-21H,1,5-8,11,14-18H2,2-3H3,(H,26,31). The lowest BCUT2D eigenvalue weighted by atomic mass is 9.88. The van der Waals surface area contributed by atoms with Crippen molar-refractivity contribution >= 4 is 16.8 Å². The van der Waals surface area contributed by atoms with Crippen LogP contribution < -0.4 is 5.32 Å². The molecule has 2 bridgehead atoms. The highest BCUT2D eigenvalue weighted by atomic mass is 16.2. The lowest BCUT2D eigenvalue weighted by Gasteiger charge is -2.50. The number of unbranched alkanes of at least 4 members (excludes halogenated alkanes) is 4. The highest BCUT2D eigenvalue weighted by Crippen LogP contribution is 2.27. The van der Waals surface area contributed by atoms with Crippen molar-refractivity contribution in [2.45, 2.75) is 69.6 Å². The van der Waals surface area contributed by atoms with Crippen LogP contribution in [-0.4, -0.2) is 70.8 Å². The maximum Gasteiger partial charge on any atom is 0.272 e. The Bertz CT molecular complexity index is 890. The zero-order chi connectivity index (χ0) is 21.8. The fourth-order valence-electron chi connectivity index (χ4n) is 5.33. The third kappa shape index (κ3) is 5.01. The number of para-hydroxylation sites is 1. The molecule has 168 valence electrons. The van der Waals surface area contributed by atoms with Gasteiger partial charge in [-0.05, 0) is 52.3 Å². The first-order chi connectivity index (χ1) is 15.1. The number of aromatic nitrogens is 2. The van der Waals surface area contributed by atoms with E-state index in [-0.39, 0.29) is 11.9 Å². The Morgan fingerprint density at radius 2 is 1.84 bits per heavy atom. The number of fused-ring (bicyclic) bond motifs is 3. The molecule has 0 radical (unpaired) electrons. The average Bonchev–Trinajstić information content (AvgIpc) is 3.11. The van der Waals surface area contributed by atoms with Crippen molar-refractivity contribution < 1.29 is 4.79 Å². The number of likely N-dealkylation sites (N-methyl/N-ethyl adjacent to an activating group) is 2. The van der Waals surface area contributed by atoms with Crippen LogP contribution >= 0.6 is 0 Å². The normalized spacial score (nSPS) is 24.4. The maximum absolute atomic E-state index is 13.2. The summed E-state index contributed by atoms with van der Waals surface area (Å²) in [6.07, 6.45) is 9.76. The molecular weight excluding hydrogens is 386 g/mol. The molecule has 6 nitrogen and oxygen atoms in total. The molecule has 1 aromatic heterocycles. The number of piperidine rings is 1. The predicted molar refractivity (Wildman–Crippen MR) is 126 cm³/mol. The molecule has 0 spiro atoms. The smallest absolute Gasteiger partial charge is 0.272 e. The molecular formula is C25H37N5O. The van der Waals surface area contributed by atoms with Gasteiger partial charge >= 0.3 is 0 Å². The summed E-state index contributed by atoms with van der Waals surface area (Å²) >= 11 is 0. The second kappa shape index (κ2) is 9.96. The van der Waals surface area contributed by atoms with Crippen LogP contribution in [0.3, 0.4) is 0 Å². The topological polar surface area (TPSA) is 53.4 Å². The number of allylic oxidation sites excluding steroid dienone is 1. The average molecular weight is 424 g/mol. The molecule has 2 saturated heterocycles. The Hall–Kier alpha value is -2.18. The first-order valence-electron chi connectivity index (χ1n) is 11.8. The number of carbonyl (C=O) groups excluding carboxylic acids is 1. The molecule has 2 aliphatic heterocycles. The minimum absolute atomic E-state index is 0.0260. The minimum Gasteiger partial charge on any atom is -0.348 e. The van der Waals surface area contributed by atoms with E-state index in [1.165, 1.54) is 19.3 Å². The van der Waals surface area contributed by atoms with Crippen LogP contribution in [0.15, 0.2) is 36.9 Å². The molecule has 2 aromatic rings. The third-order valence-corrected chi connectivity index (χ3v) is 7.05. The molecule has 2 aliphatic rings. The fraction of sp³-hybridized carbons (Fsp3) is 0.600. The lowest BCUT2D eigenvalue weighted by Crippen LogP contribution is -2.63. The van der Waals surface area contributed by atoms with Gasteiger partial charge in [0, 0.05) is 43.1 Å². The van der Waals surface area contributed by atoms with Crippen molar-refractivity contribution in [3.63, 3.8) is 0 Å². The van der Waals surface area contributed by atoms with E-state index in [0.717, 1.165) is 56.2 Å². The second-order valence-corrected chi connectivity index (χ2v) is 9.42. The van der Waals surface area contributed by atoms with E-state index in [4.69, 9.17) is 5.10 Å². The highest BCUT2D eigenvalue weighted by molar-refractivity contribution is 6.05. The van der Waals surface area contributed by atoms with E-state index in [1.54, 1.807) is 0 Å². The Balaban J connectivity index is 1.42. The summed E-state index contributed by atoms with van der Waals surface area (Å²) in [6.45, 7) is 6.79. The van der Waals surface area contributed by atoms with Crippen molar-refractivity contribution in [1.29, 1.82) is 0 Å². The summed E-state index contributed by atoms with van der Waals surface area (Å²) in [5.74, 6) is -0.0260. The van der Waals surface area contributed by atoms with Gasteiger partial charge in [0.15, 0.2) is 5.69 Å². The van der Waals surface area contributed by atoms with E-state index in [1.807, 2.05) is 29.0 Å².